The van der Waals surface area contributed by atoms with Crippen LogP contribution in [-0.4, -0.2) is 37.7 Å². The monoisotopic (exact) mass is 226 g/mol. The minimum atomic E-state index is 0.0400. The van der Waals surface area contributed by atoms with Gasteiger partial charge in [0, 0.05) is 13.2 Å². The number of hydrogen-bond acceptors (Lipinski definition) is 3. The minimum absolute atomic E-state index is 0.0400. The van der Waals surface area contributed by atoms with Crippen LogP contribution in [0.1, 0.15) is 38.5 Å². The van der Waals surface area contributed by atoms with Crippen LogP contribution in [0, 0.1) is 0 Å². The van der Waals surface area contributed by atoms with Gasteiger partial charge in [0.1, 0.15) is 0 Å². The topological polar surface area (TPSA) is 50.4 Å². The first-order valence-electron chi connectivity index (χ1n) is 6.49. The molecule has 2 atom stereocenters. The lowest BCUT2D eigenvalue weighted by Crippen LogP contribution is -2.47. The van der Waals surface area contributed by atoms with Crippen LogP contribution < -0.4 is 10.6 Å². The SMILES string of the molecule is O=C(NCCC1CCCO1)C1CCCCN1. The zero-order valence-corrected chi connectivity index (χ0v) is 9.84. The van der Waals surface area contributed by atoms with Crippen molar-refractivity contribution in [2.24, 2.45) is 0 Å². The third-order valence-electron chi connectivity index (χ3n) is 3.42. The summed E-state index contributed by atoms with van der Waals surface area (Å²) in [4.78, 5) is 11.8. The van der Waals surface area contributed by atoms with E-state index in [-0.39, 0.29) is 11.9 Å². The van der Waals surface area contributed by atoms with Gasteiger partial charge in [0.25, 0.3) is 0 Å². The molecule has 2 N–H and O–H groups in total. The van der Waals surface area contributed by atoms with Gasteiger partial charge in [-0.25, -0.2) is 0 Å². The number of hydrogen-bond donors (Lipinski definition) is 2. The van der Waals surface area contributed by atoms with Gasteiger partial charge in [0.2, 0.25) is 5.91 Å². The van der Waals surface area contributed by atoms with Crippen LogP contribution in [0.2, 0.25) is 0 Å². The number of piperidine rings is 1. The average Bonchev–Trinajstić information content (AvgIpc) is 2.83. The van der Waals surface area contributed by atoms with E-state index in [0.29, 0.717) is 6.10 Å². The number of nitrogens with one attached hydrogen (secondary N) is 2. The smallest absolute Gasteiger partial charge is 0.237 e. The third-order valence-corrected chi connectivity index (χ3v) is 3.42. The van der Waals surface area contributed by atoms with Crippen LogP contribution >= 0.6 is 0 Å². The van der Waals surface area contributed by atoms with Gasteiger partial charge in [-0.15, -0.1) is 0 Å². The van der Waals surface area contributed by atoms with E-state index in [1.807, 2.05) is 0 Å². The van der Waals surface area contributed by atoms with E-state index in [9.17, 15) is 4.79 Å². The largest absolute Gasteiger partial charge is 0.378 e. The molecule has 2 heterocycles. The molecule has 2 fully saturated rings. The molecule has 2 unspecified atom stereocenters. The maximum absolute atomic E-state index is 11.8. The molecule has 4 nitrogen and oxygen atoms in total. The van der Waals surface area contributed by atoms with Gasteiger partial charge in [-0.1, -0.05) is 6.42 Å². The number of amides is 1. The summed E-state index contributed by atoms with van der Waals surface area (Å²) in [6.07, 6.45) is 6.99. The molecule has 16 heavy (non-hydrogen) atoms. The first kappa shape index (κ1) is 11.9. The predicted molar refractivity (Wildman–Crippen MR) is 62.2 cm³/mol. The molecule has 2 aliphatic heterocycles. The number of rotatable bonds is 4. The van der Waals surface area contributed by atoms with Gasteiger partial charge in [0.15, 0.2) is 0 Å². The molecule has 0 aliphatic carbocycles. The zero-order chi connectivity index (χ0) is 11.2. The predicted octanol–water partition coefficient (Wildman–Crippen LogP) is 0.814. The highest BCUT2D eigenvalue weighted by Crippen LogP contribution is 2.14. The fourth-order valence-electron chi connectivity index (χ4n) is 2.43. The Labute approximate surface area is 97.1 Å². The van der Waals surface area contributed by atoms with Crippen molar-refractivity contribution in [2.45, 2.75) is 50.7 Å². The maximum atomic E-state index is 11.8. The molecule has 1 amide bonds. The van der Waals surface area contributed by atoms with Crippen LogP contribution in [0.3, 0.4) is 0 Å². The van der Waals surface area contributed by atoms with Crippen LogP contribution in [0.15, 0.2) is 0 Å². The molecule has 92 valence electrons. The summed E-state index contributed by atoms with van der Waals surface area (Å²) < 4.78 is 5.51. The van der Waals surface area contributed by atoms with Crippen molar-refractivity contribution in [2.75, 3.05) is 19.7 Å². The normalized spacial score (nSPS) is 30.2. The number of carbonyl (C=O) groups is 1. The van der Waals surface area contributed by atoms with Crippen molar-refractivity contribution in [3.05, 3.63) is 0 Å². The lowest BCUT2D eigenvalue weighted by Gasteiger charge is -2.22. The highest BCUT2D eigenvalue weighted by Gasteiger charge is 2.20. The molecule has 0 aromatic carbocycles. The molecule has 2 rings (SSSR count). The molecule has 0 spiro atoms. The molecule has 0 radical (unpaired) electrons. The van der Waals surface area contributed by atoms with Gasteiger partial charge < -0.3 is 15.4 Å². The first-order chi connectivity index (χ1) is 7.86. The molecule has 0 bridgehead atoms. The van der Waals surface area contributed by atoms with Gasteiger partial charge in [-0.3, -0.25) is 4.79 Å². The Morgan fingerprint density at radius 1 is 1.31 bits per heavy atom. The van der Waals surface area contributed by atoms with Gasteiger partial charge in [-0.05, 0) is 38.6 Å². The molecule has 0 aromatic heterocycles. The molecular formula is C12H22N2O2. The zero-order valence-electron chi connectivity index (χ0n) is 9.84. The standard InChI is InChI=1S/C12H22N2O2/c15-12(11-5-1-2-7-13-11)14-8-6-10-4-3-9-16-10/h10-11,13H,1-9H2,(H,14,15). The fourth-order valence-corrected chi connectivity index (χ4v) is 2.43. The van der Waals surface area contributed by atoms with E-state index in [1.54, 1.807) is 0 Å². The molecular weight excluding hydrogens is 204 g/mol. The Morgan fingerprint density at radius 3 is 2.94 bits per heavy atom. The van der Waals surface area contributed by atoms with E-state index in [2.05, 4.69) is 10.6 Å². The summed E-state index contributed by atoms with van der Waals surface area (Å²) in [6.45, 7) is 2.62. The van der Waals surface area contributed by atoms with Crippen molar-refractivity contribution in [3.8, 4) is 0 Å². The van der Waals surface area contributed by atoms with Gasteiger partial charge in [0.05, 0.1) is 12.1 Å². The van der Waals surface area contributed by atoms with Crippen LogP contribution in [0.25, 0.3) is 0 Å². The van der Waals surface area contributed by atoms with E-state index in [1.165, 1.54) is 12.8 Å². The maximum Gasteiger partial charge on any atom is 0.237 e. The summed E-state index contributed by atoms with van der Waals surface area (Å²) in [5.41, 5.74) is 0. The summed E-state index contributed by atoms with van der Waals surface area (Å²) in [7, 11) is 0. The van der Waals surface area contributed by atoms with Crippen molar-refractivity contribution < 1.29 is 9.53 Å². The fraction of sp³-hybridized carbons (Fsp3) is 0.917. The molecule has 2 saturated heterocycles. The minimum Gasteiger partial charge on any atom is -0.378 e. The van der Waals surface area contributed by atoms with Crippen molar-refractivity contribution in [1.29, 1.82) is 0 Å². The summed E-state index contributed by atoms with van der Waals surface area (Å²) in [6, 6.07) is 0.0400. The van der Waals surface area contributed by atoms with Crippen molar-refractivity contribution >= 4 is 5.91 Å². The third kappa shape index (κ3) is 3.46. The molecule has 2 aliphatic rings. The first-order valence-corrected chi connectivity index (χ1v) is 6.49. The Kier molecular flexibility index (Phi) is 4.60. The lowest BCUT2D eigenvalue weighted by atomic mass is 10.0. The summed E-state index contributed by atoms with van der Waals surface area (Å²) >= 11 is 0. The molecule has 4 heteroatoms. The summed E-state index contributed by atoms with van der Waals surface area (Å²) in [5.74, 6) is 0.165. The highest BCUT2D eigenvalue weighted by molar-refractivity contribution is 5.81. The molecule has 0 aromatic rings. The van der Waals surface area contributed by atoms with Crippen molar-refractivity contribution in [3.63, 3.8) is 0 Å². The Morgan fingerprint density at radius 2 is 2.25 bits per heavy atom. The second kappa shape index (κ2) is 6.21. The van der Waals surface area contributed by atoms with E-state index in [0.717, 1.165) is 45.4 Å². The second-order valence-electron chi connectivity index (χ2n) is 4.72. The Hall–Kier alpha value is -0.610. The van der Waals surface area contributed by atoms with Gasteiger partial charge in [-0.2, -0.15) is 0 Å². The quantitative estimate of drug-likeness (QED) is 0.746. The second-order valence-corrected chi connectivity index (χ2v) is 4.72. The van der Waals surface area contributed by atoms with Crippen LogP contribution in [0.4, 0.5) is 0 Å². The number of ether oxygens (including phenoxy) is 1. The Balaban J connectivity index is 1.59. The van der Waals surface area contributed by atoms with E-state index >= 15 is 0 Å². The highest BCUT2D eigenvalue weighted by atomic mass is 16.5. The summed E-state index contributed by atoms with van der Waals surface area (Å²) in [5, 5.41) is 6.25. The van der Waals surface area contributed by atoms with E-state index in [4.69, 9.17) is 4.74 Å². The lowest BCUT2D eigenvalue weighted by molar-refractivity contribution is -0.123. The van der Waals surface area contributed by atoms with Crippen LogP contribution in [0.5, 0.6) is 0 Å². The molecule has 0 saturated carbocycles. The van der Waals surface area contributed by atoms with E-state index < -0.39 is 0 Å². The number of carbonyl (C=O) groups excluding carboxylic acids is 1. The van der Waals surface area contributed by atoms with Gasteiger partial charge >= 0.3 is 0 Å². The Bertz CT molecular complexity index is 221. The van der Waals surface area contributed by atoms with Crippen LogP contribution in [-0.2, 0) is 9.53 Å². The average molecular weight is 226 g/mol. The van der Waals surface area contributed by atoms with Crippen molar-refractivity contribution in [1.82, 2.24) is 10.6 Å².